The summed E-state index contributed by atoms with van der Waals surface area (Å²) in [6.45, 7) is 4.88. The molecule has 32 heavy (non-hydrogen) atoms. The zero-order valence-electron chi connectivity index (χ0n) is 18.2. The number of aryl methyl sites for hydroxylation is 2. The molecule has 8 nitrogen and oxygen atoms in total. The number of benzene rings is 1. The quantitative estimate of drug-likeness (QED) is 0.398. The van der Waals surface area contributed by atoms with E-state index in [1.54, 1.807) is 12.1 Å². The lowest BCUT2D eigenvalue weighted by Crippen LogP contribution is -2.08. The van der Waals surface area contributed by atoms with Crippen molar-refractivity contribution in [2.24, 2.45) is 0 Å². The number of hydrogen-bond acceptors (Lipinski definition) is 5. The van der Waals surface area contributed by atoms with Gasteiger partial charge in [-0.2, -0.15) is 14.7 Å². The summed E-state index contributed by atoms with van der Waals surface area (Å²) in [6.07, 6.45) is 6.07. The Hall–Kier alpha value is -3.43. The van der Waals surface area contributed by atoms with Gasteiger partial charge in [0.2, 0.25) is 11.8 Å². The highest BCUT2D eigenvalue weighted by Crippen LogP contribution is 2.26. The first kappa shape index (κ1) is 21.8. The Kier molecular flexibility index (Phi) is 6.67. The fraction of sp³-hybridized carbons (Fsp3) is 0.409. The van der Waals surface area contributed by atoms with E-state index in [-0.39, 0.29) is 11.5 Å². The van der Waals surface area contributed by atoms with Crippen LogP contribution in [-0.2, 0) is 19.4 Å². The lowest BCUT2D eigenvalue weighted by Gasteiger charge is -2.10. The maximum absolute atomic E-state index is 14.5. The van der Waals surface area contributed by atoms with Crippen LogP contribution in [-0.4, -0.2) is 40.0 Å². The number of nitrogens with one attached hydrogen (secondary N) is 1. The molecule has 168 valence electrons. The van der Waals surface area contributed by atoms with Gasteiger partial charge in [0.1, 0.15) is 11.5 Å². The molecule has 0 unspecified atom stereocenters. The van der Waals surface area contributed by atoms with Gasteiger partial charge in [-0.25, -0.2) is 14.1 Å². The van der Waals surface area contributed by atoms with Gasteiger partial charge in [-0.15, -0.1) is 10.2 Å². The number of unbranched alkanes of at least 4 members (excludes halogenated alkanes) is 2. The first-order valence-corrected chi connectivity index (χ1v) is 10.9. The SMILES string of the molecule is CCCCc1nc(CCCC)n(Cc2ccc(-n3c(F)cc(F)c3-c3nn[nH]n3)cc2)n1. The van der Waals surface area contributed by atoms with Gasteiger partial charge < -0.3 is 0 Å². The van der Waals surface area contributed by atoms with Gasteiger partial charge in [0.15, 0.2) is 11.6 Å². The Morgan fingerprint density at radius 2 is 1.75 bits per heavy atom. The Morgan fingerprint density at radius 1 is 1.00 bits per heavy atom. The van der Waals surface area contributed by atoms with Gasteiger partial charge in [0.05, 0.1) is 6.54 Å². The van der Waals surface area contributed by atoms with Crippen LogP contribution in [0.4, 0.5) is 8.78 Å². The molecule has 0 aliphatic heterocycles. The number of aromatic nitrogens is 8. The van der Waals surface area contributed by atoms with Gasteiger partial charge >= 0.3 is 0 Å². The number of hydrogen-bond donors (Lipinski definition) is 1. The molecule has 1 aromatic carbocycles. The van der Waals surface area contributed by atoms with E-state index < -0.39 is 11.8 Å². The highest BCUT2D eigenvalue weighted by atomic mass is 19.1. The molecule has 0 saturated carbocycles. The summed E-state index contributed by atoms with van der Waals surface area (Å²) in [6, 6.07) is 8.05. The summed E-state index contributed by atoms with van der Waals surface area (Å²) in [7, 11) is 0. The number of halogens is 2. The molecule has 0 atom stereocenters. The Balaban J connectivity index is 1.59. The summed E-state index contributed by atoms with van der Waals surface area (Å²) < 4.78 is 31.9. The van der Waals surface area contributed by atoms with E-state index in [4.69, 9.17) is 10.1 Å². The summed E-state index contributed by atoms with van der Waals surface area (Å²) >= 11 is 0. The predicted molar refractivity (Wildman–Crippen MR) is 115 cm³/mol. The van der Waals surface area contributed by atoms with E-state index in [0.29, 0.717) is 12.2 Å². The lowest BCUT2D eigenvalue weighted by molar-refractivity contribution is 0.559. The first-order valence-electron chi connectivity index (χ1n) is 10.9. The van der Waals surface area contributed by atoms with E-state index in [2.05, 4.69) is 34.5 Å². The zero-order valence-corrected chi connectivity index (χ0v) is 18.2. The molecular formula is C22H26F2N8. The van der Waals surface area contributed by atoms with E-state index in [0.717, 1.165) is 66.4 Å². The molecule has 3 aromatic heterocycles. The van der Waals surface area contributed by atoms with Crippen LogP contribution in [0.3, 0.4) is 0 Å². The predicted octanol–water partition coefficient (Wildman–Crippen LogP) is 4.26. The lowest BCUT2D eigenvalue weighted by atomic mass is 10.2. The smallest absolute Gasteiger partial charge is 0.224 e. The molecule has 1 N–H and O–H groups in total. The van der Waals surface area contributed by atoms with E-state index in [1.807, 2.05) is 16.8 Å². The molecule has 0 radical (unpaired) electrons. The second-order valence-electron chi connectivity index (χ2n) is 7.71. The number of rotatable bonds is 10. The van der Waals surface area contributed by atoms with Crippen molar-refractivity contribution in [1.29, 1.82) is 0 Å². The second kappa shape index (κ2) is 9.80. The van der Waals surface area contributed by atoms with Crippen molar-refractivity contribution in [3.8, 4) is 17.2 Å². The zero-order chi connectivity index (χ0) is 22.5. The monoisotopic (exact) mass is 440 g/mol. The van der Waals surface area contributed by atoms with Crippen molar-refractivity contribution in [2.75, 3.05) is 0 Å². The standard InChI is InChI=1S/C22H26F2N8/c1-3-5-7-19-25-20(8-6-4-2)31(28-19)14-15-9-11-16(12-10-15)32-18(24)13-17(23)21(32)22-26-29-30-27-22/h9-13H,3-8,14H2,1-2H3,(H,26,27,29,30). The van der Waals surface area contributed by atoms with Crippen LogP contribution in [0.5, 0.6) is 0 Å². The highest BCUT2D eigenvalue weighted by molar-refractivity contribution is 5.56. The average molecular weight is 441 g/mol. The third-order valence-corrected chi connectivity index (χ3v) is 5.29. The van der Waals surface area contributed by atoms with Crippen LogP contribution in [0.15, 0.2) is 30.3 Å². The summed E-state index contributed by atoms with van der Waals surface area (Å²) in [5, 5.41) is 18.0. The van der Waals surface area contributed by atoms with Crippen LogP contribution in [0.2, 0.25) is 0 Å². The van der Waals surface area contributed by atoms with E-state index in [9.17, 15) is 8.78 Å². The summed E-state index contributed by atoms with van der Waals surface area (Å²) in [5.41, 5.74) is 1.37. The van der Waals surface area contributed by atoms with Crippen LogP contribution in [0, 0.1) is 11.8 Å². The minimum absolute atomic E-state index is 0.0155. The topological polar surface area (TPSA) is 90.1 Å². The Bertz CT molecular complexity index is 1150. The highest BCUT2D eigenvalue weighted by Gasteiger charge is 2.21. The second-order valence-corrected chi connectivity index (χ2v) is 7.71. The van der Waals surface area contributed by atoms with Crippen LogP contribution in [0.1, 0.15) is 56.7 Å². The van der Waals surface area contributed by atoms with Crippen molar-refractivity contribution in [2.45, 2.75) is 58.9 Å². The van der Waals surface area contributed by atoms with Crippen molar-refractivity contribution >= 4 is 0 Å². The summed E-state index contributed by atoms with van der Waals surface area (Å²) in [4.78, 5) is 4.73. The first-order chi connectivity index (χ1) is 15.6. The maximum atomic E-state index is 14.5. The van der Waals surface area contributed by atoms with Crippen molar-refractivity contribution in [3.05, 3.63) is 59.3 Å². The molecular weight excluding hydrogens is 414 g/mol. The van der Waals surface area contributed by atoms with Gasteiger partial charge in [-0.05, 0) is 35.8 Å². The van der Waals surface area contributed by atoms with Gasteiger partial charge in [-0.3, -0.25) is 4.57 Å². The molecule has 0 spiro atoms. The average Bonchev–Trinajstić information content (AvgIpc) is 3.51. The number of nitrogens with zero attached hydrogens (tertiary/aromatic N) is 7. The molecule has 0 saturated heterocycles. The molecule has 0 amide bonds. The largest absolute Gasteiger partial charge is 0.280 e. The van der Waals surface area contributed by atoms with Gasteiger partial charge in [-0.1, -0.05) is 38.8 Å². The molecule has 4 rings (SSSR count). The normalized spacial score (nSPS) is 11.4. The molecule has 0 bridgehead atoms. The van der Waals surface area contributed by atoms with E-state index >= 15 is 0 Å². The van der Waals surface area contributed by atoms with Crippen molar-refractivity contribution in [1.82, 2.24) is 40.0 Å². The van der Waals surface area contributed by atoms with Crippen molar-refractivity contribution < 1.29 is 8.78 Å². The molecule has 0 fully saturated rings. The molecule has 10 heteroatoms. The third kappa shape index (κ3) is 4.58. The molecule has 0 aliphatic rings. The fourth-order valence-corrected chi connectivity index (χ4v) is 3.61. The van der Waals surface area contributed by atoms with Crippen molar-refractivity contribution in [3.63, 3.8) is 0 Å². The molecule has 3 heterocycles. The maximum Gasteiger partial charge on any atom is 0.224 e. The Morgan fingerprint density at radius 3 is 2.44 bits per heavy atom. The fourth-order valence-electron chi connectivity index (χ4n) is 3.61. The van der Waals surface area contributed by atoms with Crippen LogP contribution in [0.25, 0.3) is 17.2 Å². The van der Waals surface area contributed by atoms with Gasteiger partial charge in [0.25, 0.3) is 0 Å². The molecule has 0 aliphatic carbocycles. The minimum atomic E-state index is -0.754. The molecule has 4 aromatic rings. The number of aromatic amines is 1. The Labute approximate surface area is 184 Å². The third-order valence-electron chi connectivity index (χ3n) is 5.29. The summed E-state index contributed by atoms with van der Waals surface area (Å²) in [5.74, 6) is 0.354. The van der Waals surface area contributed by atoms with Crippen LogP contribution >= 0.6 is 0 Å². The minimum Gasteiger partial charge on any atom is -0.280 e. The number of tetrazole rings is 1. The van der Waals surface area contributed by atoms with E-state index in [1.165, 1.54) is 0 Å². The van der Waals surface area contributed by atoms with Gasteiger partial charge in [0, 0.05) is 24.6 Å². The number of H-pyrrole nitrogens is 1. The van der Waals surface area contributed by atoms with Crippen LogP contribution < -0.4 is 0 Å².